The topological polar surface area (TPSA) is 79.9 Å². The van der Waals surface area contributed by atoms with E-state index in [1.54, 1.807) is 29.2 Å². The molecule has 2 aliphatic heterocycles. The lowest BCUT2D eigenvalue weighted by Gasteiger charge is -2.36. The molecule has 3 aromatic rings. The van der Waals surface area contributed by atoms with Gasteiger partial charge in [-0.25, -0.2) is 0 Å². The molecule has 7 nitrogen and oxygen atoms in total. The van der Waals surface area contributed by atoms with Gasteiger partial charge in [-0.3, -0.25) is 9.59 Å². The lowest BCUT2D eigenvalue weighted by molar-refractivity contribution is -0.123. The van der Waals surface area contributed by atoms with Crippen molar-refractivity contribution in [1.29, 1.82) is 0 Å². The van der Waals surface area contributed by atoms with Crippen LogP contribution in [0.1, 0.15) is 21.5 Å². The molecule has 3 aromatic carbocycles. The fraction of sp³-hybridized carbons (Fsp3) is 0.167. The third-order valence-corrected chi connectivity index (χ3v) is 6.06. The van der Waals surface area contributed by atoms with Crippen molar-refractivity contribution in [2.24, 2.45) is 0 Å². The SMILES string of the molecule is COc1cc2c(cc1OC)C(=O)NC1(N2)C(=O)N(Cc2ccc(Cl)cc2)c2ccccc21. The van der Waals surface area contributed by atoms with Crippen LogP contribution in [0.3, 0.4) is 0 Å². The van der Waals surface area contributed by atoms with Gasteiger partial charge in [-0.1, -0.05) is 41.9 Å². The maximum atomic E-state index is 13.8. The number of amides is 2. The van der Waals surface area contributed by atoms with Gasteiger partial charge < -0.3 is 25.0 Å². The number of carbonyl (C=O) groups is 2. The molecule has 0 radical (unpaired) electrons. The van der Waals surface area contributed by atoms with Crippen LogP contribution in [-0.4, -0.2) is 26.0 Å². The van der Waals surface area contributed by atoms with Crippen molar-refractivity contribution in [2.45, 2.75) is 12.2 Å². The molecule has 0 saturated heterocycles. The molecule has 162 valence electrons. The Hall–Kier alpha value is -3.71. The Morgan fingerprint density at radius 3 is 2.34 bits per heavy atom. The summed E-state index contributed by atoms with van der Waals surface area (Å²) < 4.78 is 10.7. The molecule has 0 aromatic heterocycles. The maximum absolute atomic E-state index is 13.8. The lowest BCUT2D eigenvalue weighted by Crippen LogP contribution is -2.60. The van der Waals surface area contributed by atoms with E-state index in [1.807, 2.05) is 36.4 Å². The minimum absolute atomic E-state index is 0.276. The van der Waals surface area contributed by atoms with Gasteiger partial charge in [0, 0.05) is 16.7 Å². The highest BCUT2D eigenvalue weighted by atomic mass is 35.5. The van der Waals surface area contributed by atoms with E-state index in [0.717, 1.165) is 11.3 Å². The van der Waals surface area contributed by atoms with Gasteiger partial charge in [-0.2, -0.15) is 0 Å². The molecule has 2 N–H and O–H groups in total. The number of hydrogen-bond donors (Lipinski definition) is 2. The number of benzene rings is 3. The van der Waals surface area contributed by atoms with Crippen molar-refractivity contribution in [2.75, 3.05) is 24.4 Å². The van der Waals surface area contributed by atoms with Crippen molar-refractivity contribution in [1.82, 2.24) is 5.32 Å². The number of nitrogens with one attached hydrogen (secondary N) is 2. The minimum atomic E-state index is -1.42. The highest BCUT2D eigenvalue weighted by Crippen LogP contribution is 2.45. The molecule has 1 unspecified atom stereocenters. The van der Waals surface area contributed by atoms with Crippen LogP contribution in [0.5, 0.6) is 11.5 Å². The first-order chi connectivity index (χ1) is 15.5. The number of nitrogens with zero attached hydrogens (tertiary/aromatic N) is 1. The second kappa shape index (κ2) is 7.46. The molecule has 0 fully saturated rings. The second-order valence-electron chi connectivity index (χ2n) is 7.62. The second-order valence-corrected chi connectivity index (χ2v) is 8.05. The highest BCUT2D eigenvalue weighted by Gasteiger charge is 2.54. The van der Waals surface area contributed by atoms with Crippen LogP contribution in [0.2, 0.25) is 5.02 Å². The minimum Gasteiger partial charge on any atom is -0.493 e. The van der Waals surface area contributed by atoms with Crippen LogP contribution >= 0.6 is 11.6 Å². The predicted octanol–water partition coefficient (Wildman–Crippen LogP) is 3.91. The number of carbonyl (C=O) groups excluding carboxylic acids is 2. The Labute approximate surface area is 189 Å². The van der Waals surface area contributed by atoms with Crippen LogP contribution < -0.4 is 25.0 Å². The molecule has 1 atom stereocenters. The monoisotopic (exact) mass is 449 g/mol. The van der Waals surface area contributed by atoms with E-state index in [1.165, 1.54) is 14.2 Å². The normalized spacial score (nSPS) is 18.7. The Kier molecular flexibility index (Phi) is 4.71. The third-order valence-electron chi connectivity index (χ3n) is 5.81. The number of rotatable bonds is 4. The summed E-state index contributed by atoms with van der Waals surface area (Å²) in [6.07, 6.45) is 0. The van der Waals surface area contributed by atoms with Crippen molar-refractivity contribution in [3.05, 3.63) is 82.4 Å². The number of ether oxygens (including phenoxy) is 2. The van der Waals surface area contributed by atoms with Crippen LogP contribution in [0.4, 0.5) is 11.4 Å². The van der Waals surface area contributed by atoms with Crippen molar-refractivity contribution >= 4 is 34.8 Å². The summed E-state index contributed by atoms with van der Waals surface area (Å²) in [5, 5.41) is 6.81. The maximum Gasteiger partial charge on any atom is 0.278 e. The summed E-state index contributed by atoms with van der Waals surface area (Å²) in [4.78, 5) is 28.6. The number of anilines is 2. The standard InChI is InChI=1S/C24H20ClN3O4/c1-31-20-11-16-18(12-21(20)32-2)26-24(27-22(16)29)17-5-3-4-6-19(17)28(23(24)30)13-14-7-9-15(25)10-8-14/h3-12,26H,13H2,1-2H3,(H,27,29). The third kappa shape index (κ3) is 2.97. The highest BCUT2D eigenvalue weighted by molar-refractivity contribution is 6.30. The fourth-order valence-electron chi connectivity index (χ4n) is 4.27. The molecule has 0 bridgehead atoms. The van der Waals surface area contributed by atoms with Crippen molar-refractivity contribution in [3.8, 4) is 11.5 Å². The van der Waals surface area contributed by atoms with Gasteiger partial charge in [0.1, 0.15) is 0 Å². The first-order valence-corrected chi connectivity index (χ1v) is 10.4. The zero-order valence-corrected chi connectivity index (χ0v) is 18.2. The smallest absolute Gasteiger partial charge is 0.278 e. The van der Waals surface area contributed by atoms with Gasteiger partial charge in [-0.05, 0) is 29.8 Å². The fourth-order valence-corrected chi connectivity index (χ4v) is 4.39. The van der Waals surface area contributed by atoms with E-state index in [0.29, 0.717) is 39.9 Å². The van der Waals surface area contributed by atoms with Crippen LogP contribution in [0.25, 0.3) is 0 Å². The molecule has 8 heteroatoms. The summed E-state index contributed by atoms with van der Waals surface area (Å²) in [6.45, 7) is 0.338. The average Bonchev–Trinajstić information content (AvgIpc) is 3.02. The molecular formula is C24H20ClN3O4. The van der Waals surface area contributed by atoms with Crippen molar-refractivity contribution in [3.63, 3.8) is 0 Å². The summed E-state index contributed by atoms with van der Waals surface area (Å²) in [6, 6.07) is 18.0. The van der Waals surface area contributed by atoms with E-state index >= 15 is 0 Å². The number of halogens is 1. The molecule has 5 rings (SSSR count). The average molecular weight is 450 g/mol. The number of fused-ring (bicyclic) bond motifs is 3. The van der Waals surface area contributed by atoms with Crippen LogP contribution in [0, 0.1) is 0 Å². The van der Waals surface area contributed by atoms with Gasteiger partial charge >= 0.3 is 0 Å². The molecule has 32 heavy (non-hydrogen) atoms. The summed E-state index contributed by atoms with van der Waals surface area (Å²) in [5.41, 5.74) is 1.75. The van der Waals surface area contributed by atoms with Crippen LogP contribution in [-0.2, 0) is 17.0 Å². The lowest BCUT2D eigenvalue weighted by atomic mass is 9.95. The number of para-hydroxylation sites is 1. The van der Waals surface area contributed by atoms with Gasteiger partial charge in [0.15, 0.2) is 11.5 Å². The summed E-state index contributed by atoms with van der Waals surface area (Å²) in [5.74, 6) is 0.237. The first-order valence-electron chi connectivity index (χ1n) is 9.99. The first kappa shape index (κ1) is 20.2. The van der Waals surface area contributed by atoms with Gasteiger partial charge in [0.2, 0.25) is 5.66 Å². The molecular weight excluding hydrogens is 430 g/mol. The van der Waals surface area contributed by atoms with E-state index in [-0.39, 0.29) is 11.8 Å². The van der Waals surface area contributed by atoms with E-state index in [4.69, 9.17) is 21.1 Å². The molecule has 0 aliphatic carbocycles. The molecule has 2 heterocycles. The number of methoxy groups -OCH3 is 2. The van der Waals surface area contributed by atoms with Gasteiger partial charge in [0.05, 0.1) is 37.7 Å². The quantitative estimate of drug-likeness (QED) is 0.631. The van der Waals surface area contributed by atoms with Gasteiger partial charge in [-0.15, -0.1) is 0 Å². The summed E-state index contributed by atoms with van der Waals surface area (Å²) >= 11 is 6.01. The molecule has 1 spiro atoms. The molecule has 0 saturated carbocycles. The summed E-state index contributed by atoms with van der Waals surface area (Å²) in [7, 11) is 3.03. The molecule has 2 aliphatic rings. The van der Waals surface area contributed by atoms with Gasteiger partial charge in [0.25, 0.3) is 11.8 Å². The zero-order valence-electron chi connectivity index (χ0n) is 17.4. The van der Waals surface area contributed by atoms with E-state index in [9.17, 15) is 9.59 Å². The van der Waals surface area contributed by atoms with Crippen LogP contribution in [0.15, 0.2) is 60.7 Å². The number of hydrogen-bond acceptors (Lipinski definition) is 5. The van der Waals surface area contributed by atoms with Crippen molar-refractivity contribution < 1.29 is 19.1 Å². The van der Waals surface area contributed by atoms with E-state index in [2.05, 4.69) is 10.6 Å². The Morgan fingerprint density at radius 1 is 0.938 bits per heavy atom. The zero-order chi connectivity index (χ0) is 22.5. The Bertz CT molecular complexity index is 1240. The largest absolute Gasteiger partial charge is 0.493 e. The Morgan fingerprint density at radius 2 is 1.62 bits per heavy atom. The molecule has 2 amide bonds. The predicted molar refractivity (Wildman–Crippen MR) is 121 cm³/mol. The van der Waals surface area contributed by atoms with E-state index < -0.39 is 5.66 Å². The Balaban J connectivity index is 1.60.